The fourth-order valence-corrected chi connectivity index (χ4v) is 2.10. The Morgan fingerprint density at radius 3 is 2.90 bits per heavy atom. The first kappa shape index (κ1) is 15.0. The van der Waals surface area contributed by atoms with Crippen molar-refractivity contribution >= 4 is 28.6 Å². The van der Waals surface area contributed by atoms with Crippen LogP contribution in [-0.4, -0.2) is 36.5 Å². The van der Waals surface area contributed by atoms with Gasteiger partial charge in [0.2, 0.25) is 5.95 Å². The van der Waals surface area contributed by atoms with E-state index in [0.29, 0.717) is 37.8 Å². The zero-order chi connectivity index (χ0) is 14.5. The highest BCUT2D eigenvalue weighted by molar-refractivity contribution is 6.31. The summed E-state index contributed by atoms with van der Waals surface area (Å²) in [6.07, 6.45) is 0.772. The van der Waals surface area contributed by atoms with Gasteiger partial charge in [0.05, 0.1) is 29.3 Å². The van der Waals surface area contributed by atoms with Gasteiger partial charge in [0.15, 0.2) is 0 Å². The second-order valence-corrected chi connectivity index (χ2v) is 4.74. The number of anilines is 1. The molecule has 1 aromatic carbocycles. The lowest BCUT2D eigenvalue weighted by Gasteiger charge is -2.07. The van der Waals surface area contributed by atoms with Gasteiger partial charge in [-0.2, -0.15) is 0 Å². The van der Waals surface area contributed by atoms with E-state index in [9.17, 15) is 4.39 Å². The largest absolute Gasteiger partial charge is 0.382 e. The van der Waals surface area contributed by atoms with E-state index < -0.39 is 5.82 Å². The standard InChI is InChI=1S/C13H17ClFN3O2/c1-19-5-6-20-4-2-3-18-12-7-9(14)10(15)8-11(12)17-13(18)16/h7-8H,2-6H2,1H3,(H2,16,17). The van der Waals surface area contributed by atoms with Crippen molar-refractivity contribution in [1.82, 2.24) is 9.55 Å². The molecule has 5 nitrogen and oxygen atoms in total. The zero-order valence-electron chi connectivity index (χ0n) is 11.2. The molecule has 0 spiro atoms. The van der Waals surface area contributed by atoms with E-state index in [1.54, 1.807) is 17.7 Å². The van der Waals surface area contributed by atoms with Crippen LogP contribution in [0.3, 0.4) is 0 Å². The van der Waals surface area contributed by atoms with E-state index in [1.165, 1.54) is 6.07 Å². The molecule has 20 heavy (non-hydrogen) atoms. The fourth-order valence-electron chi connectivity index (χ4n) is 1.94. The van der Waals surface area contributed by atoms with E-state index >= 15 is 0 Å². The summed E-state index contributed by atoms with van der Waals surface area (Å²) in [5.41, 5.74) is 7.07. The predicted molar refractivity (Wildman–Crippen MR) is 76.4 cm³/mol. The van der Waals surface area contributed by atoms with Crippen LogP contribution >= 0.6 is 11.6 Å². The zero-order valence-corrected chi connectivity index (χ0v) is 12.0. The SMILES string of the molecule is COCCOCCCn1c(N)nc2cc(F)c(Cl)cc21. The van der Waals surface area contributed by atoms with Crippen molar-refractivity contribution in [3.63, 3.8) is 0 Å². The molecule has 0 atom stereocenters. The number of ether oxygens (including phenoxy) is 2. The molecular weight excluding hydrogens is 285 g/mol. The number of halogens is 2. The number of hydrogen-bond donors (Lipinski definition) is 1. The van der Waals surface area contributed by atoms with Crippen molar-refractivity contribution in [2.45, 2.75) is 13.0 Å². The van der Waals surface area contributed by atoms with Crippen molar-refractivity contribution in [1.29, 1.82) is 0 Å². The smallest absolute Gasteiger partial charge is 0.201 e. The normalized spacial score (nSPS) is 11.3. The summed E-state index contributed by atoms with van der Waals surface area (Å²) in [4.78, 5) is 4.12. The lowest BCUT2D eigenvalue weighted by molar-refractivity contribution is 0.0682. The van der Waals surface area contributed by atoms with Gasteiger partial charge in [-0.1, -0.05) is 11.6 Å². The molecule has 0 aliphatic rings. The maximum atomic E-state index is 13.4. The minimum atomic E-state index is -0.494. The molecule has 7 heteroatoms. The minimum Gasteiger partial charge on any atom is -0.382 e. The molecule has 0 aliphatic carbocycles. The first-order chi connectivity index (χ1) is 9.63. The summed E-state index contributed by atoms with van der Waals surface area (Å²) < 4.78 is 25.4. The topological polar surface area (TPSA) is 62.3 Å². The third-order valence-corrected chi connectivity index (χ3v) is 3.21. The lowest BCUT2D eigenvalue weighted by Crippen LogP contribution is -2.08. The molecule has 0 unspecified atom stereocenters. The molecule has 0 amide bonds. The van der Waals surface area contributed by atoms with Gasteiger partial charge < -0.3 is 19.8 Å². The summed E-state index contributed by atoms with van der Waals surface area (Å²) in [5, 5.41) is 0.0648. The maximum Gasteiger partial charge on any atom is 0.201 e. The molecular formula is C13H17ClFN3O2. The number of imidazole rings is 1. The van der Waals surface area contributed by atoms with Crippen molar-refractivity contribution in [2.75, 3.05) is 32.7 Å². The highest BCUT2D eigenvalue weighted by atomic mass is 35.5. The lowest BCUT2D eigenvalue weighted by atomic mass is 10.3. The van der Waals surface area contributed by atoms with Crippen LogP contribution in [-0.2, 0) is 16.0 Å². The number of hydrogen-bond acceptors (Lipinski definition) is 4. The second kappa shape index (κ2) is 6.88. The Morgan fingerprint density at radius 1 is 1.35 bits per heavy atom. The van der Waals surface area contributed by atoms with Gasteiger partial charge in [0.1, 0.15) is 5.82 Å². The molecule has 0 aliphatic heterocycles. The number of nitrogens with two attached hydrogens (primary N) is 1. The first-order valence-electron chi connectivity index (χ1n) is 6.31. The Morgan fingerprint density at radius 2 is 2.15 bits per heavy atom. The van der Waals surface area contributed by atoms with Gasteiger partial charge >= 0.3 is 0 Å². The molecule has 2 rings (SSSR count). The van der Waals surface area contributed by atoms with E-state index in [0.717, 1.165) is 11.9 Å². The number of fused-ring (bicyclic) bond motifs is 1. The van der Waals surface area contributed by atoms with Crippen molar-refractivity contribution in [2.24, 2.45) is 0 Å². The second-order valence-electron chi connectivity index (χ2n) is 4.34. The van der Waals surface area contributed by atoms with E-state index in [-0.39, 0.29) is 5.02 Å². The van der Waals surface area contributed by atoms with Crippen LogP contribution in [0.2, 0.25) is 5.02 Å². The Hall–Kier alpha value is -1.37. The average molecular weight is 302 g/mol. The number of aryl methyl sites for hydroxylation is 1. The van der Waals surface area contributed by atoms with Crippen LogP contribution in [0, 0.1) is 5.82 Å². The summed E-state index contributed by atoms with van der Waals surface area (Å²) in [6, 6.07) is 2.83. The molecule has 0 radical (unpaired) electrons. The molecule has 110 valence electrons. The Bertz CT molecular complexity index is 588. The Kier molecular flexibility index (Phi) is 5.17. The molecule has 2 N–H and O–H groups in total. The van der Waals surface area contributed by atoms with Crippen molar-refractivity contribution < 1.29 is 13.9 Å². The number of methoxy groups -OCH3 is 1. The highest BCUT2D eigenvalue weighted by Gasteiger charge is 2.11. The van der Waals surface area contributed by atoms with E-state index in [1.807, 2.05) is 0 Å². The third kappa shape index (κ3) is 3.39. The predicted octanol–water partition coefficient (Wildman–Crippen LogP) is 2.46. The summed E-state index contributed by atoms with van der Waals surface area (Å²) >= 11 is 5.79. The van der Waals surface area contributed by atoms with E-state index in [2.05, 4.69) is 4.98 Å². The third-order valence-electron chi connectivity index (χ3n) is 2.92. The van der Waals surface area contributed by atoms with Gasteiger partial charge in [-0.3, -0.25) is 0 Å². The van der Waals surface area contributed by atoms with Gasteiger partial charge in [0, 0.05) is 26.3 Å². The molecule has 0 saturated heterocycles. The number of rotatable bonds is 7. The number of aromatic nitrogens is 2. The van der Waals surface area contributed by atoms with Crippen LogP contribution in [0.5, 0.6) is 0 Å². The summed E-state index contributed by atoms with van der Waals surface area (Å²) in [5.74, 6) is -0.148. The molecule has 0 bridgehead atoms. The van der Waals surface area contributed by atoms with E-state index in [4.69, 9.17) is 26.8 Å². The van der Waals surface area contributed by atoms with Crippen molar-refractivity contribution in [3.8, 4) is 0 Å². The first-order valence-corrected chi connectivity index (χ1v) is 6.68. The van der Waals surface area contributed by atoms with Crippen LogP contribution in [0.4, 0.5) is 10.3 Å². The Labute approximate surface area is 121 Å². The monoisotopic (exact) mass is 301 g/mol. The van der Waals surface area contributed by atoms with Crippen LogP contribution in [0.1, 0.15) is 6.42 Å². The van der Waals surface area contributed by atoms with Gasteiger partial charge in [-0.15, -0.1) is 0 Å². The van der Waals surface area contributed by atoms with Crippen LogP contribution in [0.15, 0.2) is 12.1 Å². The van der Waals surface area contributed by atoms with Crippen molar-refractivity contribution in [3.05, 3.63) is 23.0 Å². The number of nitrogens with zero attached hydrogens (tertiary/aromatic N) is 2. The highest BCUT2D eigenvalue weighted by Crippen LogP contribution is 2.24. The molecule has 0 fully saturated rings. The molecule has 0 saturated carbocycles. The fraction of sp³-hybridized carbons (Fsp3) is 0.462. The van der Waals surface area contributed by atoms with Gasteiger partial charge in [-0.05, 0) is 12.5 Å². The van der Waals surface area contributed by atoms with Crippen LogP contribution in [0.25, 0.3) is 11.0 Å². The summed E-state index contributed by atoms with van der Waals surface area (Å²) in [6.45, 7) is 2.37. The molecule has 1 aromatic heterocycles. The summed E-state index contributed by atoms with van der Waals surface area (Å²) in [7, 11) is 1.63. The van der Waals surface area contributed by atoms with Gasteiger partial charge in [-0.25, -0.2) is 9.37 Å². The molecule has 2 aromatic rings. The number of nitrogen functional groups attached to an aromatic ring is 1. The quantitative estimate of drug-likeness (QED) is 0.798. The van der Waals surface area contributed by atoms with Crippen LogP contribution < -0.4 is 5.73 Å². The average Bonchev–Trinajstić information content (AvgIpc) is 2.70. The number of benzene rings is 1. The molecule has 1 heterocycles. The minimum absolute atomic E-state index is 0.0648. The van der Waals surface area contributed by atoms with Gasteiger partial charge in [0.25, 0.3) is 0 Å². The Balaban J connectivity index is 2.02. The maximum absolute atomic E-state index is 13.4.